The molecule has 1 aromatic rings. The van der Waals surface area contributed by atoms with Crippen molar-refractivity contribution in [1.29, 1.82) is 5.26 Å². The van der Waals surface area contributed by atoms with Gasteiger partial charge in [0.15, 0.2) is 18.0 Å². The number of fused-ring (bicyclic) bond motifs is 7. The molecule has 5 fully saturated rings. The van der Waals surface area contributed by atoms with Crippen molar-refractivity contribution in [2.75, 3.05) is 0 Å². The van der Waals surface area contributed by atoms with Gasteiger partial charge in [-0.1, -0.05) is 25.5 Å². The second-order valence-electron chi connectivity index (χ2n) is 13.1. The molecule has 1 N–H and O–H groups in total. The molecule has 1 aromatic heterocycles. The Morgan fingerprint density at radius 2 is 1.97 bits per heavy atom. The number of Topliss-reactive ketones (excluding diaryl/α,β-unsaturated/α-hetero) is 1. The van der Waals surface area contributed by atoms with Crippen LogP contribution < -0.4 is 0 Å². The molecule has 6 heteroatoms. The van der Waals surface area contributed by atoms with Crippen LogP contribution in [0.15, 0.2) is 6.07 Å². The molecular formula is C28H36N4O2. The summed E-state index contributed by atoms with van der Waals surface area (Å²) in [6, 6.07) is 3.47. The van der Waals surface area contributed by atoms with Crippen molar-refractivity contribution in [3.05, 3.63) is 23.2 Å². The molecule has 5 aliphatic carbocycles. The first-order valence-corrected chi connectivity index (χ1v) is 13.2. The highest BCUT2D eigenvalue weighted by Gasteiger charge is 2.73. The maximum absolute atomic E-state index is 13.8. The molecule has 6 rings (SSSR count). The summed E-state index contributed by atoms with van der Waals surface area (Å²) < 4.78 is 1.45. The molecule has 5 saturated carbocycles. The Morgan fingerprint density at radius 3 is 2.71 bits per heavy atom. The Morgan fingerprint density at radius 1 is 1.21 bits per heavy atom. The minimum atomic E-state index is -0.493. The summed E-state index contributed by atoms with van der Waals surface area (Å²) in [6.07, 6.45) is 8.95. The van der Waals surface area contributed by atoms with Crippen LogP contribution >= 0.6 is 0 Å². The van der Waals surface area contributed by atoms with Crippen LogP contribution in [0.25, 0.3) is 4.85 Å². The topological polar surface area (TPSA) is 83.3 Å². The molecule has 0 spiro atoms. The minimum absolute atomic E-state index is 0.0202. The van der Waals surface area contributed by atoms with E-state index in [1.165, 1.54) is 36.4 Å². The molecule has 0 unspecified atom stereocenters. The lowest BCUT2D eigenvalue weighted by Crippen LogP contribution is -2.57. The second kappa shape index (κ2) is 7.17. The van der Waals surface area contributed by atoms with E-state index in [0.717, 1.165) is 31.6 Å². The monoisotopic (exact) mass is 460 g/mol. The number of hydrogen-bond donors (Lipinski definition) is 1. The van der Waals surface area contributed by atoms with Gasteiger partial charge in [0.2, 0.25) is 0 Å². The highest BCUT2D eigenvalue weighted by Crippen LogP contribution is 2.78. The quantitative estimate of drug-likeness (QED) is 0.633. The van der Waals surface area contributed by atoms with Gasteiger partial charge in [-0.2, -0.15) is 9.94 Å². The smallest absolute Gasteiger partial charge is 0.253 e. The summed E-state index contributed by atoms with van der Waals surface area (Å²) in [5.41, 5.74) is 0.0153. The third kappa shape index (κ3) is 3.00. The number of hydrogen-bond acceptors (Lipinski definition) is 4. The first-order chi connectivity index (χ1) is 16.1. The Labute approximate surface area is 202 Å². The second-order valence-corrected chi connectivity index (χ2v) is 13.1. The van der Waals surface area contributed by atoms with Gasteiger partial charge < -0.3 is 9.95 Å². The van der Waals surface area contributed by atoms with Gasteiger partial charge in [-0.3, -0.25) is 4.79 Å². The number of ketones is 1. The average Bonchev–Trinajstić information content (AvgIpc) is 3.32. The van der Waals surface area contributed by atoms with Gasteiger partial charge in [0, 0.05) is 12.0 Å². The minimum Gasteiger partial charge on any atom is -0.390 e. The number of nitriles is 1. The van der Waals surface area contributed by atoms with Crippen LogP contribution in [0.2, 0.25) is 0 Å². The van der Waals surface area contributed by atoms with Crippen molar-refractivity contribution in [2.24, 2.45) is 52.3 Å². The van der Waals surface area contributed by atoms with Crippen molar-refractivity contribution in [3.63, 3.8) is 0 Å². The molecule has 0 bridgehead atoms. The van der Waals surface area contributed by atoms with Crippen molar-refractivity contribution < 1.29 is 9.90 Å². The third-order valence-corrected chi connectivity index (χ3v) is 11.3. The maximum Gasteiger partial charge on any atom is 0.253 e. The molecule has 0 aromatic carbocycles. The Kier molecular flexibility index (Phi) is 4.70. The lowest BCUT2D eigenvalue weighted by molar-refractivity contribution is -0.159. The van der Waals surface area contributed by atoms with E-state index in [9.17, 15) is 15.2 Å². The normalized spacial score (nSPS) is 48.5. The number of nitrogens with zero attached hydrogens (tertiary/aromatic N) is 4. The number of carbonyl (C=O) groups excluding carboxylic acids is 1. The number of aliphatic hydroxyl groups is 1. The first kappa shape index (κ1) is 22.3. The number of carbonyl (C=O) groups is 1. The molecule has 0 amide bonds. The van der Waals surface area contributed by atoms with E-state index < -0.39 is 5.60 Å². The molecule has 0 aliphatic heterocycles. The van der Waals surface area contributed by atoms with Crippen LogP contribution in [0, 0.1) is 70.2 Å². The summed E-state index contributed by atoms with van der Waals surface area (Å²) in [6.45, 7) is 14.5. The Bertz CT molecular complexity index is 1120. The zero-order valence-electron chi connectivity index (χ0n) is 20.6. The fourth-order valence-corrected chi connectivity index (χ4v) is 10.2. The molecular weight excluding hydrogens is 424 g/mol. The summed E-state index contributed by atoms with van der Waals surface area (Å²) in [5, 5.41) is 24.1. The fourth-order valence-electron chi connectivity index (χ4n) is 10.2. The summed E-state index contributed by atoms with van der Waals surface area (Å²) in [4.78, 5) is 17.3. The van der Waals surface area contributed by atoms with Gasteiger partial charge in [-0.15, -0.1) is 0 Å². The van der Waals surface area contributed by atoms with E-state index in [4.69, 9.17) is 6.57 Å². The van der Waals surface area contributed by atoms with Crippen molar-refractivity contribution in [2.45, 2.75) is 84.3 Å². The zero-order chi connectivity index (χ0) is 24.0. The van der Waals surface area contributed by atoms with Gasteiger partial charge >= 0.3 is 0 Å². The summed E-state index contributed by atoms with van der Waals surface area (Å²) in [5.74, 6) is 4.35. The fraction of sp³-hybridized carbons (Fsp3) is 0.786. The van der Waals surface area contributed by atoms with Gasteiger partial charge in [-0.05, 0) is 105 Å². The molecule has 6 nitrogen and oxygen atoms in total. The lowest BCUT2D eigenvalue weighted by atomic mass is 9.42. The molecule has 180 valence electrons. The van der Waals surface area contributed by atoms with Crippen LogP contribution in [-0.4, -0.2) is 26.3 Å². The van der Waals surface area contributed by atoms with Crippen molar-refractivity contribution in [3.8, 4) is 6.07 Å². The SMILES string of the molecule is [C-]#[N+]c1cc(C#N)nn1CC(=O)[C@H]1[C@H]2C[C@H]2[C@H]2[C@]3(C)CC[C@@H]4C[C@](C)(O)CC[C@@H]4[C@H]3CC[C@@]21C. The molecule has 10 atom stereocenters. The van der Waals surface area contributed by atoms with E-state index >= 15 is 0 Å². The summed E-state index contributed by atoms with van der Waals surface area (Å²) in [7, 11) is 0. The number of aromatic nitrogens is 2. The van der Waals surface area contributed by atoms with Gasteiger partial charge in [0.1, 0.15) is 6.07 Å². The Hall–Kier alpha value is -2.18. The van der Waals surface area contributed by atoms with Gasteiger partial charge in [-0.25, -0.2) is 0 Å². The van der Waals surface area contributed by atoms with E-state index in [2.05, 4.69) is 23.8 Å². The summed E-state index contributed by atoms with van der Waals surface area (Å²) >= 11 is 0. The van der Waals surface area contributed by atoms with E-state index in [1.54, 1.807) is 0 Å². The Balaban J connectivity index is 1.27. The van der Waals surface area contributed by atoms with E-state index in [-0.39, 0.29) is 40.6 Å². The van der Waals surface area contributed by atoms with Gasteiger partial charge in [0.25, 0.3) is 5.82 Å². The van der Waals surface area contributed by atoms with E-state index in [0.29, 0.717) is 29.6 Å². The zero-order valence-corrected chi connectivity index (χ0v) is 20.6. The molecule has 1 heterocycles. The molecule has 0 saturated heterocycles. The van der Waals surface area contributed by atoms with E-state index in [1.807, 2.05) is 13.0 Å². The highest BCUT2D eigenvalue weighted by atomic mass is 16.3. The van der Waals surface area contributed by atoms with Crippen LogP contribution in [0.4, 0.5) is 5.82 Å². The average molecular weight is 461 g/mol. The van der Waals surface area contributed by atoms with Crippen molar-refractivity contribution in [1.82, 2.24) is 9.78 Å². The first-order valence-electron chi connectivity index (χ1n) is 13.2. The van der Waals surface area contributed by atoms with Crippen LogP contribution in [0.3, 0.4) is 0 Å². The molecule has 5 aliphatic rings. The molecule has 0 radical (unpaired) electrons. The lowest BCUT2D eigenvalue weighted by Gasteiger charge is -2.63. The largest absolute Gasteiger partial charge is 0.390 e. The standard InChI is InChI=1S/C28H36N4O2/c1-26(34)8-6-18-16(13-26)5-9-27(2)21(18)7-10-28(3)24(19-12-20(19)25(27)28)22(33)15-32-23(30-4)11-17(14-29)31-32/h11,16,18-21,24-25,34H,5-10,12-13,15H2,1-3H3/t16-,18+,19+,20-,21-,24-,25+,26-,27-,28-/m1/s1. The maximum atomic E-state index is 13.8. The molecule has 34 heavy (non-hydrogen) atoms. The predicted molar refractivity (Wildman–Crippen MR) is 126 cm³/mol. The van der Waals surface area contributed by atoms with Gasteiger partial charge in [0.05, 0.1) is 5.60 Å². The van der Waals surface area contributed by atoms with Crippen LogP contribution in [0.5, 0.6) is 0 Å². The number of rotatable bonds is 3. The highest BCUT2D eigenvalue weighted by molar-refractivity contribution is 5.83. The van der Waals surface area contributed by atoms with Crippen LogP contribution in [0.1, 0.15) is 77.8 Å². The third-order valence-electron chi connectivity index (χ3n) is 11.3. The van der Waals surface area contributed by atoms with Crippen molar-refractivity contribution >= 4 is 11.6 Å². The predicted octanol–water partition coefficient (Wildman–Crippen LogP) is 5.14. The van der Waals surface area contributed by atoms with Crippen LogP contribution in [-0.2, 0) is 11.3 Å².